The van der Waals surface area contributed by atoms with Gasteiger partial charge in [-0.3, -0.25) is 4.90 Å². The highest BCUT2D eigenvalue weighted by Crippen LogP contribution is 2.38. The van der Waals surface area contributed by atoms with Gasteiger partial charge in [0.1, 0.15) is 0 Å². The summed E-state index contributed by atoms with van der Waals surface area (Å²) in [6, 6.07) is 21.3. The maximum absolute atomic E-state index is 3.60. The molecule has 0 bridgehead atoms. The largest absolute Gasteiger partial charge is 0.299 e. The van der Waals surface area contributed by atoms with Crippen molar-refractivity contribution >= 4 is 0 Å². The van der Waals surface area contributed by atoms with E-state index in [-0.39, 0.29) is 5.41 Å². The second kappa shape index (κ2) is 7.29. The third kappa shape index (κ3) is 3.40. The van der Waals surface area contributed by atoms with E-state index in [0.29, 0.717) is 5.92 Å². The van der Waals surface area contributed by atoms with Crippen LogP contribution in [0.15, 0.2) is 60.7 Å². The second-order valence-electron chi connectivity index (χ2n) is 6.23. The fourth-order valence-corrected chi connectivity index (χ4v) is 2.86. The van der Waals surface area contributed by atoms with Gasteiger partial charge in [-0.2, -0.15) is 0 Å². The molecule has 1 heteroatoms. The van der Waals surface area contributed by atoms with Gasteiger partial charge < -0.3 is 0 Å². The van der Waals surface area contributed by atoms with Crippen LogP contribution in [0.2, 0.25) is 0 Å². The Labute approximate surface area is 135 Å². The third-order valence-corrected chi connectivity index (χ3v) is 4.01. The van der Waals surface area contributed by atoms with E-state index in [2.05, 4.69) is 105 Å². The molecule has 0 radical (unpaired) electrons. The van der Waals surface area contributed by atoms with E-state index in [4.69, 9.17) is 0 Å². The summed E-state index contributed by atoms with van der Waals surface area (Å²) in [5, 5.41) is 0. The first-order chi connectivity index (χ1) is 10.6. The van der Waals surface area contributed by atoms with Crippen molar-refractivity contribution < 1.29 is 0 Å². The van der Waals surface area contributed by atoms with E-state index in [1.54, 1.807) is 0 Å². The molecule has 0 aliphatic heterocycles. The monoisotopic (exact) mass is 291 g/mol. The van der Waals surface area contributed by atoms with Gasteiger partial charge in [-0.15, -0.1) is 0 Å². The molecule has 2 rings (SSSR count). The van der Waals surface area contributed by atoms with E-state index in [0.717, 1.165) is 6.54 Å². The van der Waals surface area contributed by atoms with Crippen molar-refractivity contribution in [2.45, 2.75) is 19.3 Å². The molecule has 2 aromatic rings. The summed E-state index contributed by atoms with van der Waals surface area (Å²) >= 11 is 0. The lowest BCUT2D eigenvalue weighted by atomic mass is 9.67. The average molecular weight is 291 g/mol. The van der Waals surface area contributed by atoms with Crippen molar-refractivity contribution in [1.29, 1.82) is 0 Å². The highest BCUT2D eigenvalue weighted by atomic mass is 15.0. The smallest absolute Gasteiger partial charge is 0.0835 e. The molecule has 0 fully saturated rings. The average Bonchev–Trinajstić information content (AvgIpc) is 2.53. The zero-order valence-corrected chi connectivity index (χ0v) is 14.0. The van der Waals surface area contributed by atoms with Gasteiger partial charge in [0.15, 0.2) is 0 Å². The summed E-state index contributed by atoms with van der Waals surface area (Å²) in [7, 11) is 4.10. The summed E-state index contributed by atoms with van der Waals surface area (Å²) in [6.45, 7) is 5.28. The minimum atomic E-state index is -0.265. The van der Waals surface area contributed by atoms with Crippen LogP contribution >= 0.6 is 0 Å². The van der Waals surface area contributed by atoms with Crippen LogP contribution in [-0.2, 0) is 5.41 Å². The summed E-state index contributed by atoms with van der Waals surface area (Å²) in [4.78, 5) is 2.11. The molecule has 2 aromatic carbocycles. The van der Waals surface area contributed by atoms with Crippen LogP contribution in [0, 0.1) is 17.8 Å². The highest BCUT2D eigenvalue weighted by molar-refractivity contribution is 5.48. The van der Waals surface area contributed by atoms with Crippen LogP contribution in [-0.4, -0.2) is 25.5 Å². The molecule has 22 heavy (non-hydrogen) atoms. The Bertz CT molecular complexity index is 590. The first-order valence-corrected chi connectivity index (χ1v) is 7.83. The van der Waals surface area contributed by atoms with E-state index in [1.165, 1.54) is 11.1 Å². The Morgan fingerprint density at radius 2 is 1.32 bits per heavy atom. The van der Waals surface area contributed by atoms with E-state index in [1.807, 2.05) is 0 Å². The van der Waals surface area contributed by atoms with Gasteiger partial charge in [0, 0.05) is 0 Å². The summed E-state index contributed by atoms with van der Waals surface area (Å²) in [6.07, 6.45) is 0. The molecule has 0 aromatic heterocycles. The van der Waals surface area contributed by atoms with Crippen molar-refractivity contribution in [3.63, 3.8) is 0 Å². The molecule has 0 aliphatic carbocycles. The zero-order valence-electron chi connectivity index (χ0n) is 14.0. The van der Waals surface area contributed by atoms with Crippen LogP contribution < -0.4 is 0 Å². The van der Waals surface area contributed by atoms with Crippen molar-refractivity contribution in [2.24, 2.45) is 5.92 Å². The summed E-state index contributed by atoms with van der Waals surface area (Å²) in [5.41, 5.74) is 2.27. The van der Waals surface area contributed by atoms with Crippen molar-refractivity contribution in [3.05, 3.63) is 71.8 Å². The van der Waals surface area contributed by atoms with E-state index in [9.17, 15) is 0 Å². The molecule has 0 saturated carbocycles. The first kappa shape index (κ1) is 16.3. The SMILES string of the molecule is CC(C)C(C#CCN(C)C)(c1ccccc1)c1ccccc1. The number of nitrogens with zero attached hydrogens (tertiary/aromatic N) is 1. The quantitative estimate of drug-likeness (QED) is 0.763. The molecule has 0 N–H and O–H groups in total. The predicted molar refractivity (Wildman–Crippen MR) is 94.8 cm³/mol. The van der Waals surface area contributed by atoms with Crippen molar-refractivity contribution in [2.75, 3.05) is 20.6 Å². The van der Waals surface area contributed by atoms with Crippen molar-refractivity contribution in [3.8, 4) is 11.8 Å². The van der Waals surface area contributed by atoms with Crippen LogP contribution in [0.5, 0.6) is 0 Å². The third-order valence-electron chi connectivity index (χ3n) is 4.01. The van der Waals surface area contributed by atoms with Gasteiger partial charge in [-0.25, -0.2) is 0 Å². The molecule has 0 heterocycles. The van der Waals surface area contributed by atoms with Crippen LogP contribution in [0.1, 0.15) is 25.0 Å². The maximum atomic E-state index is 3.60. The lowest BCUT2D eigenvalue weighted by Gasteiger charge is -2.34. The van der Waals surface area contributed by atoms with Gasteiger partial charge >= 0.3 is 0 Å². The van der Waals surface area contributed by atoms with Gasteiger partial charge in [0.05, 0.1) is 12.0 Å². The molecule has 0 amide bonds. The van der Waals surface area contributed by atoms with Gasteiger partial charge in [-0.05, 0) is 31.1 Å². The molecule has 0 atom stereocenters. The topological polar surface area (TPSA) is 3.24 Å². The highest BCUT2D eigenvalue weighted by Gasteiger charge is 2.35. The Morgan fingerprint density at radius 1 is 0.864 bits per heavy atom. The van der Waals surface area contributed by atoms with Gasteiger partial charge in [0.25, 0.3) is 0 Å². The van der Waals surface area contributed by atoms with E-state index >= 15 is 0 Å². The Morgan fingerprint density at radius 3 is 1.68 bits per heavy atom. The van der Waals surface area contributed by atoms with Crippen LogP contribution in [0.25, 0.3) is 0 Å². The molecule has 0 aliphatic rings. The molecule has 0 unspecified atom stereocenters. The van der Waals surface area contributed by atoms with Crippen LogP contribution in [0.3, 0.4) is 0 Å². The fourth-order valence-electron chi connectivity index (χ4n) is 2.86. The van der Waals surface area contributed by atoms with Crippen LogP contribution in [0.4, 0.5) is 0 Å². The van der Waals surface area contributed by atoms with Gasteiger partial charge in [-0.1, -0.05) is 86.4 Å². The Balaban J connectivity index is 2.62. The molecule has 1 nitrogen and oxygen atoms in total. The zero-order chi connectivity index (χ0) is 16.0. The normalized spacial score (nSPS) is 11.4. The number of benzene rings is 2. The Hall–Kier alpha value is -2.04. The molecular weight excluding hydrogens is 266 g/mol. The summed E-state index contributed by atoms with van der Waals surface area (Å²) < 4.78 is 0. The molecular formula is C21H25N. The standard InChI is InChI=1S/C21H25N/c1-18(2)21(16-11-17-22(3)4,19-12-7-5-8-13-19)20-14-9-6-10-15-20/h5-10,12-15,18H,17H2,1-4H3. The predicted octanol–water partition coefficient (Wildman–Crippen LogP) is 4.19. The maximum Gasteiger partial charge on any atom is 0.0835 e. The minimum absolute atomic E-state index is 0.265. The van der Waals surface area contributed by atoms with Crippen molar-refractivity contribution in [1.82, 2.24) is 4.90 Å². The number of rotatable bonds is 4. The Kier molecular flexibility index (Phi) is 5.41. The number of hydrogen-bond donors (Lipinski definition) is 0. The minimum Gasteiger partial charge on any atom is -0.299 e. The lowest BCUT2D eigenvalue weighted by molar-refractivity contribution is 0.454. The molecule has 0 saturated heterocycles. The molecule has 114 valence electrons. The first-order valence-electron chi connectivity index (χ1n) is 7.83. The van der Waals surface area contributed by atoms with E-state index < -0.39 is 0 Å². The van der Waals surface area contributed by atoms with Gasteiger partial charge in [0.2, 0.25) is 0 Å². The summed E-state index contributed by atoms with van der Waals surface area (Å²) in [5.74, 6) is 7.37. The lowest BCUT2D eigenvalue weighted by Crippen LogP contribution is -2.32. The molecule has 0 spiro atoms. The number of hydrogen-bond acceptors (Lipinski definition) is 1. The second-order valence-corrected chi connectivity index (χ2v) is 6.23. The fraction of sp³-hybridized carbons (Fsp3) is 0.333.